The van der Waals surface area contributed by atoms with E-state index in [1.807, 2.05) is 13.0 Å². The molecule has 0 unspecified atom stereocenters. The van der Waals surface area contributed by atoms with Crippen molar-refractivity contribution in [2.45, 2.75) is 13.5 Å². The summed E-state index contributed by atoms with van der Waals surface area (Å²) in [7, 11) is 0. The molecule has 6 heteroatoms. The number of nitrogens with one attached hydrogen (secondary N) is 1. The largest absolute Gasteiger partial charge is 0.304 e. The third-order valence-electron chi connectivity index (χ3n) is 2.01. The minimum Gasteiger partial charge on any atom is -0.304 e. The Balaban J connectivity index is 2.54. The minimum atomic E-state index is -0.191. The van der Waals surface area contributed by atoms with E-state index < -0.39 is 0 Å². The van der Waals surface area contributed by atoms with Crippen LogP contribution in [-0.2, 0) is 6.54 Å². The maximum Gasteiger partial charge on any atom is 0.265 e. The Hall–Kier alpha value is -1.43. The zero-order valence-corrected chi connectivity index (χ0v) is 9.65. The average Bonchev–Trinajstić information content (AvgIpc) is 2.70. The maximum absolute atomic E-state index is 11.4. The first-order valence-electron chi connectivity index (χ1n) is 4.49. The summed E-state index contributed by atoms with van der Waals surface area (Å²) in [5, 5.41) is 4.11. The van der Waals surface area contributed by atoms with Crippen LogP contribution in [0.3, 0.4) is 0 Å². The number of aromatic nitrogens is 4. The monoisotopic (exact) mass is 268 g/mol. The van der Waals surface area contributed by atoms with Crippen molar-refractivity contribution in [2.24, 2.45) is 0 Å². The fourth-order valence-corrected chi connectivity index (χ4v) is 1.50. The fourth-order valence-electron chi connectivity index (χ4n) is 1.30. The van der Waals surface area contributed by atoms with Crippen molar-refractivity contribution < 1.29 is 0 Å². The number of aryl methyl sites for hydroxylation is 1. The van der Waals surface area contributed by atoms with Gasteiger partial charge in [0.25, 0.3) is 5.56 Å². The van der Waals surface area contributed by atoms with Crippen LogP contribution in [0.2, 0.25) is 0 Å². The number of nitrogens with zero attached hydrogens (tertiary/aromatic N) is 3. The molecular formula is C9H9BrN4O. The van der Waals surface area contributed by atoms with Gasteiger partial charge in [0.15, 0.2) is 5.82 Å². The highest BCUT2D eigenvalue weighted by atomic mass is 79.9. The molecule has 0 saturated carbocycles. The lowest BCUT2D eigenvalue weighted by molar-refractivity contribution is 0.663. The van der Waals surface area contributed by atoms with Gasteiger partial charge in [0.05, 0.1) is 0 Å². The maximum atomic E-state index is 11.4. The second-order valence-electron chi connectivity index (χ2n) is 2.94. The van der Waals surface area contributed by atoms with Crippen LogP contribution in [-0.4, -0.2) is 19.7 Å². The van der Waals surface area contributed by atoms with Crippen LogP contribution in [0.15, 0.2) is 27.7 Å². The molecule has 0 atom stereocenters. The highest BCUT2D eigenvalue weighted by Gasteiger charge is 2.07. The van der Waals surface area contributed by atoms with Crippen LogP contribution in [0.4, 0.5) is 0 Å². The summed E-state index contributed by atoms with van der Waals surface area (Å²) in [5.74, 6) is 0.530. The van der Waals surface area contributed by atoms with E-state index in [2.05, 4.69) is 31.0 Å². The highest BCUT2D eigenvalue weighted by Crippen LogP contribution is 2.12. The van der Waals surface area contributed by atoms with E-state index in [1.165, 1.54) is 6.20 Å². The number of halogens is 1. The smallest absolute Gasteiger partial charge is 0.265 e. The molecule has 2 aromatic rings. The molecule has 78 valence electrons. The molecule has 0 aliphatic rings. The van der Waals surface area contributed by atoms with Crippen molar-refractivity contribution in [3.63, 3.8) is 0 Å². The third-order valence-corrected chi connectivity index (χ3v) is 2.58. The molecule has 0 bridgehead atoms. The van der Waals surface area contributed by atoms with Gasteiger partial charge in [0, 0.05) is 18.9 Å². The molecule has 0 fully saturated rings. The number of H-pyrrole nitrogens is 1. The lowest BCUT2D eigenvalue weighted by Crippen LogP contribution is -2.11. The Labute approximate surface area is 94.3 Å². The molecule has 2 heterocycles. The lowest BCUT2D eigenvalue weighted by Gasteiger charge is -2.03. The topological polar surface area (TPSA) is 63.6 Å². The van der Waals surface area contributed by atoms with E-state index in [4.69, 9.17) is 0 Å². The van der Waals surface area contributed by atoms with Crippen molar-refractivity contribution in [1.29, 1.82) is 0 Å². The molecule has 15 heavy (non-hydrogen) atoms. The first-order valence-corrected chi connectivity index (χ1v) is 5.28. The van der Waals surface area contributed by atoms with Crippen molar-refractivity contribution in [3.8, 4) is 11.5 Å². The SMILES string of the molecule is CCn1nccc1-c1ncc(Br)c(=O)[nH]1. The van der Waals surface area contributed by atoms with Crippen molar-refractivity contribution in [3.05, 3.63) is 33.3 Å². The van der Waals surface area contributed by atoms with E-state index in [-0.39, 0.29) is 5.56 Å². The van der Waals surface area contributed by atoms with E-state index in [0.717, 1.165) is 12.2 Å². The molecule has 2 rings (SSSR count). The van der Waals surface area contributed by atoms with Crippen LogP contribution in [0, 0.1) is 0 Å². The summed E-state index contributed by atoms with van der Waals surface area (Å²) in [6, 6.07) is 1.82. The molecule has 1 N–H and O–H groups in total. The summed E-state index contributed by atoms with van der Waals surface area (Å²) >= 11 is 3.10. The zero-order valence-electron chi connectivity index (χ0n) is 8.07. The summed E-state index contributed by atoms with van der Waals surface area (Å²) in [6.07, 6.45) is 3.17. The summed E-state index contributed by atoms with van der Waals surface area (Å²) < 4.78 is 2.19. The first-order chi connectivity index (χ1) is 7.22. The fraction of sp³-hybridized carbons (Fsp3) is 0.222. The molecule has 0 aliphatic heterocycles. The lowest BCUT2D eigenvalue weighted by atomic mass is 10.4. The van der Waals surface area contributed by atoms with Gasteiger partial charge in [-0.2, -0.15) is 5.10 Å². The minimum absolute atomic E-state index is 0.191. The van der Waals surface area contributed by atoms with Gasteiger partial charge in [0.1, 0.15) is 10.2 Å². The number of hydrogen-bond acceptors (Lipinski definition) is 3. The van der Waals surface area contributed by atoms with Crippen LogP contribution in [0.25, 0.3) is 11.5 Å². The van der Waals surface area contributed by atoms with Gasteiger partial charge in [-0.15, -0.1) is 0 Å². The molecule has 0 radical (unpaired) electrons. The van der Waals surface area contributed by atoms with E-state index in [9.17, 15) is 4.79 Å². The first kappa shape index (κ1) is 10.1. The second-order valence-corrected chi connectivity index (χ2v) is 3.80. The molecule has 0 saturated heterocycles. The van der Waals surface area contributed by atoms with E-state index in [1.54, 1.807) is 10.9 Å². The van der Waals surface area contributed by atoms with Gasteiger partial charge >= 0.3 is 0 Å². The second kappa shape index (κ2) is 3.98. The Bertz CT molecular complexity index is 531. The third kappa shape index (κ3) is 1.85. The highest BCUT2D eigenvalue weighted by molar-refractivity contribution is 9.10. The van der Waals surface area contributed by atoms with Crippen molar-refractivity contribution in [1.82, 2.24) is 19.7 Å². The Kier molecular flexibility index (Phi) is 2.68. The van der Waals surface area contributed by atoms with Crippen LogP contribution in [0.1, 0.15) is 6.92 Å². The van der Waals surface area contributed by atoms with Gasteiger partial charge in [-0.1, -0.05) is 0 Å². The molecule has 2 aromatic heterocycles. The predicted molar refractivity (Wildman–Crippen MR) is 59.5 cm³/mol. The Morgan fingerprint density at radius 2 is 2.40 bits per heavy atom. The van der Waals surface area contributed by atoms with Gasteiger partial charge in [0.2, 0.25) is 0 Å². The van der Waals surface area contributed by atoms with Gasteiger partial charge in [-0.3, -0.25) is 9.48 Å². The average molecular weight is 269 g/mol. The predicted octanol–water partition coefficient (Wildman–Crippen LogP) is 1.42. The number of aromatic amines is 1. The van der Waals surface area contributed by atoms with Crippen molar-refractivity contribution >= 4 is 15.9 Å². The normalized spacial score (nSPS) is 10.5. The number of rotatable bonds is 2. The van der Waals surface area contributed by atoms with Gasteiger partial charge in [-0.05, 0) is 28.9 Å². The summed E-state index contributed by atoms with van der Waals surface area (Å²) in [5.41, 5.74) is 0.617. The summed E-state index contributed by atoms with van der Waals surface area (Å²) in [6.45, 7) is 2.72. The zero-order chi connectivity index (χ0) is 10.8. The van der Waals surface area contributed by atoms with E-state index >= 15 is 0 Å². The quantitative estimate of drug-likeness (QED) is 0.896. The van der Waals surface area contributed by atoms with Gasteiger partial charge < -0.3 is 4.98 Å². The van der Waals surface area contributed by atoms with Crippen LogP contribution >= 0.6 is 15.9 Å². The van der Waals surface area contributed by atoms with Crippen LogP contribution < -0.4 is 5.56 Å². The molecule has 0 spiro atoms. The van der Waals surface area contributed by atoms with E-state index in [0.29, 0.717) is 10.3 Å². The number of hydrogen-bond donors (Lipinski definition) is 1. The summed E-state index contributed by atoms with van der Waals surface area (Å²) in [4.78, 5) is 18.2. The molecule has 0 aromatic carbocycles. The van der Waals surface area contributed by atoms with Crippen molar-refractivity contribution in [2.75, 3.05) is 0 Å². The molecule has 0 amide bonds. The molecular weight excluding hydrogens is 260 g/mol. The Morgan fingerprint density at radius 1 is 1.60 bits per heavy atom. The molecule has 5 nitrogen and oxygen atoms in total. The van der Waals surface area contributed by atoms with Gasteiger partial charge in [-0.25, -0.2) is 4.98 Å². The molecule has 0 aliphatic carbocycles. The Morgan fingerprint density at radius 3 is 3.07 bits per heavy atom. The van der Waals surface area contributed by atoms with Crippen LogP contribution in [0.5, 0.6) is 0 Å². The standard InChI is InChI=1S/C9H9BrN4O/c1-2-14-7(3-4-12-14)8-11-5-6(10)9(15)13-8/h3-5H,2H2,1H3,(H,11,13,15).